The first-order valence-electron chi connectivity index (χ1n) is 7.10. The summed E-state index contributed by atoms with van der Waals surface area (Å²) in [4.78, 5) is 14.1. The van der Waals surface area contributed by atoms with Crippen LogP contribution in [-0.4, -0.2) is 30.9 Å². The average Bonchev–Trinajstić information content (AvgIpc) is 2.43. The third-order valence-corrected chi connectivity index (χ3v) is 3.92. The van der Waals surface area contributed by atoms with Crippen molar-refractivity contribution < 1.29 is 4.79 Å². The molecule has 19 heavy (non-hydrogen) atoms. The van der Waals surface area contributed by atoms with Crippen molar-refractivity contribution in [1.29, 1.82) is 0 Å². The van der Waals surface area contributed by atoms with Gasteiger partial charge in [0.1, 0.15) is 0 Å². The second kappa shape index (κ2) is 6.71. The number of aryl methyl sites for hydroxylation is 1. The van der Waals surface area contributed by atoms with E-state index in [4.69, 9.17) is 5.73 Å². The molecule has 1 heterocycles. The summed E-state index contributed by atoms with van der Waals surface area (Å²) in [5.41, 5.74) is 7.48. The van der Waals surface area contributed by atoms with E-state index in [2.05, 4.69) is 31.0 Å². The van der Waals surface area contributed by atoms with Crippen molar-refractivity contribution in [1.82, 2.24) is 4.90 Å². The quantitative estimate of drug-likeness (QED) is 0.890. The number of primary amides is 1. The van der Waals surface area contributed by atoms with Gasteiger partial charge in [0.2, 0.25) is 5.91 Å². The Morgan fingerprint density at radius 1 is 1.16 bits per heavy atom. The molecule has 0 aromatic heterocycles. The number of hydrogen-bond acceptors (Lipinski definition) is 2. The summed E-state index contributed by atoms with van der Waals surface area (Å²) in [5, 5.41) is 0. The molecule has 1 aromatic rings. The van der Waals surface area contributed by atoms with Crippen LogP contribution in [0, 0.1) is 6.92 Å². The van der Waals surface area contributed by atoms with Crippen molar-refractivity contribution >= 4 is 5.91 Å². The van der Waals surface area contributed by atoms with Gasteiger partial charge in [0.15, 0.2) is 0 Å². The lowest BCUT2D eigenvalue weighted by molar-refractivity contribution is -0.125. The molecule has 1 saturated heterocycles. The molecule has 0 radical (unpaired) electrons. The smallest absolute Gasteiger partial charge is 0.228 e. The molecule has 1 amide bonds. The van der Waals surface area contributed by atoms with E-state index < -0.39 is 5.41 Å². The van der Waals surface area contributed by atoms with Crippen LogP contribution in [0.25, 0.3) is 0 Å². The summed E-state index contributed by atoms with van der Waals surface area (Å²) >= 11 is 0. The average molecular weight is 262 g/mol. The van der Waals surface area contributed by atoms with Gasteiger partial charge in [0.05, 0.1) is 5.41 Å². The zero-order valence-electron chi connectivity index (χ0n) is 12.6. The summed E-state index contributed by atoms with van der Waals surface area (Å²) in [7, 11) is 2.08. The molecule has 3 nitrogen and oxygen atoms in total. The second-order valence-corrected chi connectivity index (χ2v) is 5.12. The van der Waals surface area contributed by atoms with Crippen molar-refractivity contribution in [2.45, 2.75) is 39.0 Å². The van der Waals surface area contributed by atoms with E-state index in [9.17, 15) is 4.79 Å². The Hall–Kier alpha value is -1.35. The first kappa shape index (κ1) is 15.7. The summed E-state index contributed by atoms with van der Waals surface area (Å²) < 4.78 is 0. The Balaban J connectivity index is 0.000000861. The summed E-state index contributed by atoms with van der Waals surface area (Å²) in [5.74, 6) is -0.186. The minimum Gasteiger partial charge on any atom is -0.369 e. The van der Waals surface area contributed by atoms with Crippen LogP contribution < -0.4 is 5.73 Å². The van der Waals surface area contributed by atoms with Gasteiger partial charge in [-0.1, -0.05) is 43.7 Å². The number of carbonyl (C=O) groups excluding carboxylic acids is 1. The van der Waals surface area contributed by atoms with Crippen LogP contribution in [0.15, 0.2) is 24.3 Å². The molecule has 0 spiro atoms. The van der Waals surface area contributed by atoms with Gasteiger partial charge in [-0.2, -0.15) is 0 Å². The molecule has 2 N–H and O–H groups in total. The molecule has 1 aliphatic heterocycles. The Morgan fingerprint density at radius 2 is 1.63 bits per heavy atom. The molecule has 0 atom stereocenters. The Morgan fingerprint density at radius 3 is 2.05 bits per heavy atom. The van der Waals surface area contributed by atoms with Crippen molar-refractivity contribution in [3.05, 3.63) is 35.4 Å². The fraction of sp³-hybridized carbons (Fsp3) is 0.562. The van der Waals surface area contributed by atoms with Gasteiger partial charge in [0.25, 0.3) is 0 Å². The molecule has 2 rings (SSSR count). The summed E-state index contributed by atoms with van der Waals surface area (Å²) in [6.45, 7) is 7.91. The Labute approximate surface area is 116 Å². The number of amides is 1. The van der Waals surface area contributed by atoms with Crippen LogP contribution in [0.2, 0.25) is 0 Å². The van der Waals surface area contributed by atoms with Crippen LogP contribution in [0.1, 0.15) is 37.8 Å². The zero-order chi connectivity index (χ0) is 14.5. The molecule has 0 aliphatic carbocycles. The van der Waals surface area contributed by atoms with Crippen molar-refractivity contribution in [2.75, 3.05) is 20.1 Å². The number of rotatable bonds is 2. The Bertz CT molecular complexity index is 403. The van der Waals surface area contributed by atoms with Gasteiger partial charge in [-0.3, -0.25) is 4.79 Å². The van der Waals surface area contributed by atoms with Gasteiger partial charge in [0, 0.05) is 0 Å². The number of likely N-dealkylation sites (tertiary alicyclic amines) is 1. The maximum Gasteiger partial charge on any atom is 0.228 e. The standard InChI is InChI=1S/C14H20N2O.C2H6/c1-11-3-5-12(6-4-11)14(13(15)17)7-9-16(2)10-8-14;1-2/h3-6H,7-10H2,1-2H3,(H2,15,17);1-2H3. The molecule has 0 saturated carbocycles. The van der Waals surface area contributed by atoms with Crippen LogP contribution in [0.4, 0.5) is 0 Å². The number of nitrogens with two attached hydrogens (primary N) is 1. The van der Waals surface area contributed by atoms with Crippen LogP contribution in [0.3, 0.4) is 0 Å². The highest BCUT2D eigenvalue weighted by Crippen LogP contribution is 2.35. The molecule has 3 heteroatoms. The predicted molar refractivity (Wildman–Crippen MR) is 80.1 cm³/mol. The highest BCUT2D eigenvalue weighted by Gasteiger charge is 2.40. The van der Waals surface area contributed by atoms with E-state index in [0.717, 1.165) is 31.5 Å². The molecule has 0 bridgehead atoms. The Kier molecular flexibility index (Phi) is 5.55. The number of carbonyl (C=O) groups is 1. The molecule has 1 fully saturated rings. The number of benzene rings is 1. The minimum absolute atomic E-state index is 0.186. The maximum absolute atomic E-state index is 11.9. The van der Waals surface area contributed by atoms with Crippen molar-refractivity contribution in [2.24, 2.45) is 5.73 Å². The van der Waals surface area contributed by atoms with Gasteiger partial charge in [-0.25, -0.2) is 0 Å². The molecular weight excluding hydrogens is 236 g/mol. The summed E-state index contributed by atoms with van der Waals surface area (Å²) in [6.07, 6.45) is 1.64. The predicted octanol–water partition coefficient (Wildman–Crippen LogP) is 2.47. The van der Waals surface area contributed by atoms with Gasteiger partial charge in [-0.05, 0) is 45.5 Å². The van der Waals surface area contributed by atoms with Crippen molar-refractivity contribution in [3.8, 4) is 0 Å². The van der Waals surface area contributed by atoms with E-state index in [-0.39, 0.29) is 5.91 Å². The highest BCUT2D eigenvalue weighted by molar-refractivity contribution is 5.86. The fourth-order valence-corrected chi connectivity index (χ4v) is 2.55. The summed E-state index contributed by atoms with van der Waals surface area (Å²) in [6, 6.07) is 8.20. The number of piperidine rings is 1. The van der Waals surface area contributed by atoms with E-state index >= 15 is 0 Å². The topological polar surface area (TPSA) is 46.3 Å². The van der Waals surface area contributed by atoms with Gasteiger partial charge in [-0.15, -0.1) is 0 Å². The number of nitrogens with zero attached hydrogens (tertiary/aromatic N) is 1. The largest absolute Gasteiger partial charge is 0.369 e. The highest BCUT2D eigenvalue weighted by atomic mass is 16.1. The lowest BCUT2D eigenvalue weighted by atomic mass is 9.72. The normalized spacial score (nSPS) is 18.3. The molecule has 106 valence electrons. The zero-order valence-corrected chi connectivity index (χ0v) is 12.6. The van der Waals surface area contributed by atoms with Crippen LogP contribution >= 0.6 is 0 Å². The molecule has 0 unspecified atom stereocenters. The van der Waals surface area contributed by atoms with Crippen LogP contribution in [-0.2, 0) is 10.2 Å². The monoisotopic (exact) mass is 262 g/mol. The van der Waals surface area contributed by atoms with E-state index in [1.54, 1.807) is 0 Å². The first-order valence-corrected chi connectivity index (χ1v) is 7.10. The fourth-order valence-electron chi connectivity index (χ4n) is 2.55. The van der Waals surface area contributed by atoms with E-state index in [1.807, 2.05) is 26.0 Å². The number of hydrogen-bond donors (Lipinski definition) is 1. The lowest BCUT2D eigenvalue weighted by Gasteiger charge is -2.38. The maximum atomic E-state index is 11.9. The molecule has 1 aliphatic rings. The molecule has 1 aromatic carbocycles. The van der Waals surface area contributed by atoms with Gasteiger partial charge < -0.3 is 10.6 Å². The first-order chi connectivity index (χ1) is 9.04. The van der Waals surface area contributed by atoms with E-state index in [0.29, 0.717) is 0 Å². The third-order valence-electron chi connectivity index (χ3n) is 3.92. The lowest BCUT2D eigenvalue weighted by Crippen LogP contribution is -2.49. The van der Waals surface area contributed by atoms with E-state index in [1.165, 1.54) is 5.56 Å². The van der Waals surface area contributed by atoms with Crippen molar-refractivity contribution in [3.63, 3.8) is 0 Å². The molecular formula is C16H26N2O. The van der Waals surface area contributed by atoms with Crippen LogP contribution in [0.5, 0.6) is 0 Å². The third kappa shape index (κ3) is 3.35. The second-order valence-electron chi connectivity index (χ2n) is 5.12. The van der Waals surface area contributed by atoms with Gasteiger partial charge >= 0.3 is 0 Å². The SMILES string of the molecule is CC.Cc1ccc(C2(C(N)=O)CCN(C)CC2)cc1. The minimum atomic E-state index is -0.458.